The molecule has 11 heteroatoms. The van der Waals surface area contributed by atoms with Crippen LogP contribution in [0.1, 0.15) is 44.6 Å². The maximum absolute atomic E-state index is 12.9. The van der Waals surface area contributed by atoms with Gasteiger partial charge in [-0.05, 0) is 52.9 Å². The molecule has 3 heterocycles. The molecule has 0 spiro atoms. The van der Waals surface area contributed by atoms with Gasteiger partial charge in [-0.3, -0.25) is 9.59 Å². The van der Waals surface area contributed by atoms with Gasteiger partial charge in [0, 0.05) is 31.8 Å². The zero-order chi connectivity index (χ0) is 24.6. The molecule has 1 aliphatic carbocycles. The lowest BCUT2D eigenvalue weighted by Gasteiger charge is -2.27. The number of hydrogen-bond donors (Lipinski definition) is 2. The van der Waals surface area contributed by atoms with E-state index in [-0.39, 0.29) is 43.0 Å². The molecule has 4 atom stereocenters. The minimum absolute atomic E-state index is 0.0316. The maximum atomic E-state index is 12.9. The molecule has 2 aliphatic heterocycles. The Kier molecular flexibility index (Phi) is 6.45. The van der Waals surface area contributed by atoms with Crippen LogP contribution in [0.25, 0.3) is 11.4 Å². The first-order chi connectivity index (χ1) is 16.8. The van der Waals surface area contributed by atoms with E-state index >= 15 is 0 Å². The van der Waals surface area contributed by atoms with Gasteiger partial charge >= 0.3 is 5.97 Å². The van der Waals surface area contributed by atoms with Crippen molar-refractivity contribution in [1.29, 1.82) is 0 Å². The molecular weight excluding hydrogens is 452 g/mol. The number of ether oxygens (including phenoxy) is 2. The third-order valence-electron chi connectivity index (χ3n) is 7.55. The van der Waals surface area contributed by atoms with Gasteiger partial charge in [0.2, 0.25) is 5.91 Å². The van der Waals surface area contributed by atoms with Crippen molar-refractivity contribution in [2.75, 3.05) is 32.2 Å². The molecule has 0 unspecified atom stereocenters. The molecule has 0 radical (unpaired) electrons. The highest BCUT2D eigenvalue weighted by atomic mass is 16.6. The minimum atomic E-state index is -0.848. The molecule has 2 aromatic rings. The Hall–Kier alpha value is -3.05. The lowest BCUT2D eigenvalue weighted by Crippen LogP contribution is -2.45. The smallest absolute Gasteiger partial charge is 0.303 e. The average molecular weight is 485 g/mol. The quantitative estimate of drug-likeness (QED) is 0.574. The third kappa shape index (κ3) is 4.74. The van der Waals surface area contributed by atoms with Crippen LogP contribution in [0.2, 0.25) is 0 Å². The van der Waals surface area contributed by atoms with Crippen LogP contribution in [0.4, 0.5) is 5.69 Å². The van der Waals surface area contributed by atoms with E-state index in [1.54, 1.807) is 4.68 Å². The number of carboxylic acids is 1. The summed E-state index contributed by atoms with van der Waals surface area (Å²) >= 11 is 0. The van der Waals surface area contributed by atoms with E-state index in [0.717, 1.165) is 36.9 Å². The first-order valence-corrected chi connectivity index (χ1v) is 12.2. The number of aliphatic carboxylic acids is 1. The molecule has 5 rings (SSSR count). The van der Waals surface area contributed by atoms with Gasteiger partial charge in [-0.15, -0.1) is 5.10 Å². The lowest BCUT2D eigenvalue weighted by molar-refractivity contribution is -0.140. The Balaban J connectivity index is 1.25. The Bertz CT molecular complexity index is 1060. The fourth-order valence-corrected chi connectivity index (χ4v) is 5.79. The molecule has 188 valence electrons. The van der Waals surface area contributed by atoms with Gasteiger partial charge in [0.1, 0.15) is 18.2 Å². The summed E-state index contributed by atoms with van der Waals surface area (Å²) < 4.78 is 13.9. The largest absolute Gasteiger partial charge is 0.481 e. The number of nitrogens with zero attached hydrogens (tertiary/aromatic N) is 5. The van der Waals surface area contributed by atoms with E-state index < -0.39 is 11.4 Å². The highest BCUT2D eigenvalue weighted by Gasteiger charge is 2.50. The second kappa shape index (κ2) is 9.54. The highest BCUT2D eigenvalue weighted by molar-refractivity contribution is 5.78. The number of carboxylic acid groups (broad SMARTS) is 1. The predicted octanol–water partition coefficient (Wildman–Crippen LogP) is 1.65. The average Bonchev–Trinajstić information content (AvgIpc) is 3.59. The number of carbonyl (C=O) groups is 2. The first-order valence-electron chi connectivity index (χ1n) is 12.2. The molecule has 11 nitrogen and oxygen atoms in total. The Morgan fingerprint density at radius 2 is 1.83 bits per heavy atom. The summed E-state index contributed by atoms with van der Waals surface area (Å²) in [5, 5.41) is 24.7. The fourth-order valence-electron chi connectivity index (χ4n) is 5.79. The van der Waals surface area contributed by atoms with Gasteiger partial charge in [-0.25, -0.2) is 4.68 Å². The summed E-state index contributed by atoms with van der Waals surface area (Å²) in [4.78, 5) is 26.3. The molecule has 3 aliphatic rings. The molecule has 1 amide bonds. The molecule has 35 heavy (non-hydrogen) atoms. The van der Waals surface area contributed by atoms with E-state index in [9.17, 15) is 14.7 Å². The number of nitrogens with one attached hydrogen (secondary N) is 1. The molecule has 3 fully saturated rings. The Morgan fingerprint density at radius 1 is 1.11 bits per heavy atom. The molecule has 2 N–H and O–H groups in total. The van der Waals surface area contributed by atoms with Crippen LogP contribution in [0.15, 0.2) is 24.3 Å². The number of benzene rings is 1. The van der Waals surface area contributed by atoms with Crippen LogP contribution in [0, 0.1) is 5.41 Å². The van der Waals surface area contributed by atoms with Crippen LogP contribution >= 0.6 is 0 Å². The Morgan fingerprint density at radius 3 is 2.51 bits per heavy atom. The van der Waals surface area contributed by atoms with E-state index in [2.05, 4.69) is 20.8 Å². The van der Waals surface area contributed by atoms with Crippen molar-refractivity contribution in [3.05, 3.63) is 24.3 Å². The van der Waals surface area contributed by atoms with Crippen LogP contribution in [-0.4, -0.2) is 82.7 Å². The number of aromatic nitrogens is 4. The summed E-state index contributed by atoms with van der Waals surface area (Å²) in [6, 6.07) is 7.50. The Labute approximate surface area is 203 Å². The van der Waals surface area contributed by atoms with E-state index in [4.69, 9.17) is 9.47 Å². The summed E-state index contributed by atoms with van der Waals surface area (Å²) in [5.41, 5.74) is 1.53. The van der Waals surface area contributed by atoms with Crippen molar-refractivity contribution in [1.82, 2.24) is 25.5 Å². The zero-order valence-corrected chi connectivity index (χ0v) is 20.1. The number of anilines is 1. The summed E-state index contributed by atoms with van der Waals surface area (Å²) in [6.45, 7) is 0.705. The molecule has 1 aromatic carbocycles. The van der Waals surface area contributed by atoms with Crippen molar-refractivity contribution >= 4 is 17.6 Å². The van der Waals surface area contributed by atoms with Crippen LogP contribution < -0.4 is 10.2 Å². The standard InChI is InChI=1S/C24H32N6O5/c1-29(2)16-7-5-15(6-8-16)23-26-27-28-30(23)18-14-35-21-17(13-34-22(18)21)25-19(31)11-24(12-20(32)33)9-3-4-10-24/h5-8,17-18,21-22H,3-4,9-14H2,1-2H3,(H,25,31)(H,32,33)/t17-,18+,21-,22+/m0/s1. The van der Waals surface area contributed by atoms with Gasteiger partial charge in [-0.2, -0.15) is 0 Å². The number of tetrazole rings is 1. The van der Waals surface area contributed by atoms with Gasteiger partial charge in [0.15, 0.2) is 5.82 Å². The number of carbonyl (C=O) groups excluding carboxylic acids is 1. The maximum Gasteiger partial charge on any atom is 0.303 e. The molecule has 2 saturated heterocycles. The summed E-state index contributed by atoms with van der Waals surface area (Å²) in [6.07, 6.45) is 3.13. The van der Waals surface area contributed by atoms with Crippen molar-refractivity contribution in [2.45, 2.75) is 62.8 Å². The minimum Gasteiger partial charge on any atom is -0.481 e. The van der Waals surface area contributed by atoms with E-state index in [1.807, 2.05) is 43.3 Å². The number of hydrogen-bond acceptors (Lipinski definition) is 8. The van der Waals surface area contributed by atoms with Crippen molar-refractivity contribution in [3.8, 4) is 11.4 Å². The monoisotopic (exact) mass is 484 g/mol. The van der Waals surface area contributed by atoms with Crippen molar-refractivity contribution in [3.63, 3.8) is 0 Å². The normalized spacial score (nSPS) is 27.0. The van der Waals surface area contributed by atoms with Gasteiger partial charge in [0.05, 0.1) is 25.7 Å². The molecular formula is C24H32N6O5. The topological polar surface area (TPSA) is 132 Å². The second-order valence-corrected chi connectivity index (χ2v) is 10.2. The summed E-state index contributed by atoms with van der Waals surface area (Å²) in [5.74, 6) is -0.351. The molecule has 1 aromatic heterocycles. The van der Waals surface area contributed by atoms with Gasteiger partial charge < -0.3 is 24.8 Å². The van der Waals surface area contributed by atoms with E-state index in [0.29, 0.717) is 19.0 Å². The van der Waals surface area contributed by atoms with Crippen molar-refractivity contribution < 1.29 is 24.2 Å². The zero-order valence-electron chi connectivity index (χ0n) is 20.1. The third-order valence-corrected chi connectivity index (χ3v) is 7.55. The van der Waals surface area contributed by atoms with Crippen LogP contribution in [0.3, 0.4) is 0 Å². The number of fused-ring (bicyclic) bond motifs is 1. The van der Waals surface area contributed by atoms with Crippen molar-refractivity contribution in [2.24, 2.45) is 5.41 Å². The van der Waals surface area contributed by atoms with Gasteiger partial charge in [-0.1, -0.05) is 12.8 Å². The van der Waals surface area contributed by atoms with Crippen LogP contribution in [0.5, 0.6) is 0 Å². The van der Waals surface area contributed by atoms with Gasteiger partial charge in [0.25, 0.3) is 0 Å². The highest BCUT2D eigenvalue weighted by Crippen LogP contribution is 2.44. The lowest BCUT2D eigenvalue weighted by atomic mass is 9.79. The fraction of sp³-hybridized carbons (Fsp3) is 0.625. The predicted molar refractivity (Wildman–Crippen MR) is 126 cm³/mol. The number of amides is 1. The SMILES string of the molecule is CN(C)c1ccc(-c2nnnn2[C@@H]2CO[C@@H]3[C@@H]2OC[C@@H]3NC(=O)CC2(CC(=O)O)CCCC2)cc1. The first kappa shape index (κ1) is 23.7. The second-order valence-electron chi connectivity index (χ2n) is 10.2. The summed E-state index contributed by atoms with van der Waals surface area (Å²) in [7, 11) is 3.98. The molecule has 1 saturated carbocycles. The van der Waals surface area contributed by atoms with Crippen LogP contribution in [-0.2, 0) is 19.1 Å². The number of rotatable bonds is 8. The molecule has 0 bridgehead atoms. The van der Waals surface area contributed by atoms with E-state index in [1.165, 1.54) is 0 Å².